The molecule has 17 heavy (non-hydrogen) atoms. The molecule has 0 aromatic heterocycles. The summed E-state index contributed by atoms with van der Waals surface area (Å²) < 4.78 is 5.60. The quantitative estimate of drug-likeness (QED) is 0.470. The number of nitro groups is 1. The summed E-state index contributed by atoms with van der Waals surface area (Å²) in [5.41, 5.74) is 1.05. The topological polar surface area (TPSA) is 52.4 Å². The fraction of sp³-hybridized carbons (Fsp3) is 0.500. The summed E-state index contributed by atoms with van der Waals surface area (Å²) >= 11 is 0. The molecule has 0 unspecified atom stereocenters. The Hall–Kier alpha value is -1.36. The molecule has 1 rings (SSSR count). The van der Waals surface area contributed by atoms with Gasteiger partial charge < -0.3 is 4.43 Å². The van der Waals surface area contributed by atoms with Crippen molar-refractivity contribution in [1.82, 2.24) is 0 Å². The highest BCUT2D eigenvalue weighted by atomic mass is 28.3. The lowest BCUT2D eigenvalue weighted by Gasteiger charge is -2.20. The van der Waals surface area contributed by atoms with Crippen LogP contribution in [-0.4, -0.2) is 14.0 Å². The van der Waals surface area contributed by atoms with Crippen LogP contribution >= 0.6 is 0 Å². The normalized spacial score (nSPS) is 11.6. The molecule has 5 heteroatoms. The molecule has 0 bridgehead atoms. The van der Waals surface area contributed by atoms with Gasteiger partial charge >= 0.3 is 5.69 Å². The number of rotatable bonds is 3. The van der Waals surface area contributed by atoms with Gasteiger partial charge in [0.1, 0.15) is 0 Å². The highest BCUT2D eigenvalue weighted by Crippen LogP contribution is 2.33. The Balaban J connectivity index is 3.24. The summed E-state index contributed by atoms with van der Waals surface area (Å²) in [6, 6.07) is 5.11. The summed E-state index contributed by atoms with van der Waals surface area (Å²) in [4.78, 5) is 10.5. The van der Waals surface area contributed by atoms with Gasteiger partial charge in [-0.05, 0) is 30.1 Å². The maximum Gasteiger partial charge on any atom is 0.309 e. The maximum absolute atomic E-state index is 10.9. The van der Waals surface area contributed by atoms with Crippen molar-refractivity contribution in [1.29, 1.82) is 0 Å². The van der Waals surface area contributed by atoms with Crippen molar-refractivity contribution in [2.45, 2.75) is 39.3 Å². The molecule has 93 valence electrons. The van der Waals surface area contributed by atoms with Crippen molar-refractivity contribution < 1.29 is 9.35 Å². The second-order valence-electron chi connectivity index (χ2n) is 5.20. The summed E-state index contributed by atoms with van der Waals surface area (Å²) in [5, 5.41) is 10.9. The Morgan fingerprint density at radius 3 is 2.29 bits per heavy atom. The predicted octanol–water partition coefficient (Wildman–Crippen LogP) is 3.52. The molecule has 0 aliphatic carbocycles. The molecule has 0 saturated carbocycles. The highest BCUT2D eigenvalue weighted by molar-refractivity contribution is 6.49. The molecule has 0 heterocycles. The Bertz CT molecular complexity index is 424. The van der Waals surface area contributed by atoms with E-state index in [1.807, 2.05) is 13.1 Å². The van der Waals surface area contributed by atoms with E-state index in [0.717, 1.165) is 5.56 Å². The Morgan fingerprint density at radius 2 is 1.88 bits per heavy atom. The molecule has 0 N–H and O–H groups in total. The van der Waals surface area contributed by atoms with Crippen molar-refractivity contribution in [2.24, 2.45) is 0 Å². The first-order valence-corrected chi connectivity index (χ1v) is 7.89. The van der Waals surface area contributed by atoms with Crippen LogP contribution in [0.2, 0.25) is 13.1 Å². The Kier molecular flexibility index (Phi) is 3.93. The minimum atomic E-state index is -1.01. The molecule has 0 fully saturated rings. The zero-order valence-electron chi connectivity index (χ0n) is 10.9. The van der Waals surface area contributed by atoms with E-state index < -0.39 is 14.0 Å². The average molecular weight is 252 g/mol. The van der Waals surface area contributed by atoms with E-state index in [1.54, 1.807) is 12.1 Å². The lowest BCUT2D eigenvalue weighted by atomic mass is 9.87. The van der Waals surface area contributed by atoms with E-state index in [0.29, 0.717) is 5.75 Å². The zero-order valence-corrected chi connectivity index (χ0v) is 11.9. The van der Waals surface area contributed by atoms with E-state index in [2.05, 4.69) is 20.8 Å². The zero-order chi connectivity index (χ0) is 13.2. The summed E-state index contributed by atoms with van der Waals surface area (Å²) in [6.07, 6.45) is 0. The van der Waals surface area contributed by atoms with E-state index in [4.69, 9.17) is 4.43 Å². The van der Waals surface area contributed by atoms with Crippen LogP contribution in [0.3, 0.4) is 0 Å². The molecular weight excluding hydrogens is 234 g/mol. The first kappa shape index (κ1) is 13.7. The van der Waals surface area contributed by atoms with Gasteiger partial charge in [0.25, 0.3) is 9.04 Å². The Labute approximate surface area is 103 Å². The van der Waals surface area contributed by atoms with Crippen LogP contribution in [0.4, 0.5) is 5.69 Å². The second kappa shape index (κ2) is 4.87. The first-order chi connectivity index (χ1) is 7.71. The third kappa shape index (κ3) is 3.56. The summed E-state index contributed by atoms with van der Waals surface area (Å²) in [5.74, 6) is 0.390. The molecule has 4 nitrogen and oxygen atoms in total. The molecule has 0 atom stereocenters. The molecular formula is C12H18NO3Si. The van der Waals surface area contributed by atoms with Crippen LogP contribution in [0.1, 0.15) is 26.3 Å². The van der Waals surface area contributed by atoms with Gasteiger partial charge in [0.05, 0.1) is 4.92 Å². The number of benzene rings is 1. The van der Waals surface area contributed by atoms with Gasteiger partial charge in [-0.15, -0.1) is 0 Å². The molecule has 1 radical (unpaired) electrons. The molecule has 1 aromatic rings. The maximum atomic E-state index is 10.9. The largest absolute Gasteiger partial charge is 0.538 e. The van der Waals surface area contributed by atoms with Gasteiger partial charge in [0.15, 0.2) is 5.75 Å². The number of hydrogen-bond donors (Lipinski definition) is 0. The fourth-order valence-electron chi connectivity index (χ4n) is 1.43. The minimum Gasteiger partial charge on any atom is -0.538 e. The van der Waals surface area contributed by atoms with Gasteiger partial charge in [0, 0.05) is 6.07 Å². The smallest absolute Gasteiger partial charge is 0.309 e. The second-order valence-corrected chi connectivity index (χ2v) is 7.22. The van der Waals surface area contributed by atoms with Gasteiger partial charge in [-0.2, -0.15) is 0 Å². The molecule has 1 aromatic carbocycles. The Morgan fingerprint density at radius 1 is 1.29 bits per heavy atom. The SMILES string of the molecule is C[Si](C)Oc1cc(C(C)(C)C)ccc1[N+](=O)[O-]. The van der Waals surface area contributed by atoms with Gasteiger partial charge in [-0.25, -0.2) is 0 Å². The van der Waals surface area contributed by atoms with E-state index >= 15 is 0 Å². The first-order valence-electron chi connectivity index (χ1n) is 5.49. The van der Waals surface area contributed by atoms with Crippen molar-refractivity contribution in [3.8, 4) is 5.75 Å². The molecule has 0 spiro atoms. The van der Waals surface area contributed by atoms with Gasteiger partial charge in [0.2, 0.25) is 0 Å². The van der Waals surface area contributed by atoms with Crippen LogP contribution in [0.5, 0.6) is 5.75 Å². The number of nitrogens with zero attached hydrogens (tertiary/aromatic N) is 1. The third-order valence-electron chi connectivity index (χ3n) is 2.34. The lowest BCUT2D eigenvalue weighted by molar-refractivity contribution is -0.385. The monoisotopic (exact) mass is 252 g/mol. The predicted molar refractivity (Wildman–Crippen MR) is 69.9 cm³/mol. The van der Waals surface area contributed by atoms with Crippen LogP contribution in [0.25, 0.3) is 0 Å². The van der Waals surface area contributed by atoms with E-state index in [-0.39, 0.29) is 11.1 Å². The van der Waals surface area contributed by atoms with Crippen LogP contribution in [0.15, 0.2) is 18.2 Å². The summed E-state index contributed by atoms with van der Waals surface area (Å²) in [6.45, 7) is 10.1. The average Bonchev–Trinajstić information content (AvgIpc) is 2.14. The molecule has 0 saturated heterocycles. The van der Waals surface area contributed by atoms with Crippen LogP contribution < -0.4 is 4.43 Å². The van der Waals surface area contributed by atoms with Crippen molar-refractivity contribution in [2.75, 3.05) is 0 Å². The highest BCUT2D eigenvalue weighted by Gasteiger charge is 2.21. The lowest BCUT2D eigenvalue weighted by Crippen LogP contribution is -2.15. The van der Waals surface area contributed by atoms with E-state index in [9.17, 15) is 10.1 Å². The van der Waals surface area contributed by atoms with Gasteiger partial charge in [-0.3, -0.25) is 10.1 Å². The van der Waals surface area contributed by atoms with Crippen molar-refractivity contribution in [3.05, 3.63) is 33.9 Å². The number of nitro benzene ring substituents is 1. The van der Waals surface area contributed by atoms with Crippen molar-refractivity contribution in [3.63, 3.8) is 0 Å². The minimum absolute atomic E-state index is 0.0401. The van der Waals surface area contributed by atoms with E-state index in [1.165, 1.54) is 6.07 Å². The van der Waals surface area contributed by atoms with Gasteiger partial charge in [-0.1, -0.05) is 26.8 Å². The molecule has 0 aliphatic heterocycles. The van der Waals surface area contributed by atoms with Crippen LogP contribution in [0, 0.1) is 10.1 Å². The van der Waals surface area contributed by atoms with Crippen LogP contribution in [-0.2, 0) is 5.41 Å². The van der Waals surface area contributed by atoms with Crippen molar-refractivity contribution >= 4 is 14.7 Å². The fourth-order valence-corrected chi connectivity index (χ4v) is 2.04. The number of hydrogen-bond acceptors (Lipinski definition) is 3. The third-order valence-corrected chi connectivity index (χ3v) is 2.96. The summed E-state index contributed by atoms with van der Waals surface area (Å²) in [7, 11) is -1.01. The molecule has 0 amide bonds. The standard InChI is InChI=1S/C12H18NO3Si/c1-12(2,3)9-6-7-10(13(14)15)11(8-9)16-17(4)5/h6-8H,1-5H3. The molecule has 0 aliphatic rings.